The maximum absolute atomic E-state index is 12.6. The van der Waals surface area contributed by atoms with Gasteiger partial charge in [0, 0.05) is 30.0 Å². The van der Waals surface area contributed by atoms with Gasteiger partial charge in [0.25, 0.3) is 0 Å². The maximum atomic E-state index is 12.6. The van der Waals surface area contributed by atoms with Gasteiger partial charge in [-0.15, -0.1) is 0 Å². The van der Waals surface area contributed by atoms with E-state index in [2.05, 4.69) is 65.2 Å². The van der Waals surface area contributed by atoms with Gasteiger partial charge < -0.3 is 30.2 Å². The predicted octanol–water partition coefficient (Wildman–Crippen LogP) is 6.29. The Labute approximate surface area is 269 Å². The first-order valence-corrected chi connectivity index (χ1v) is 16.4. The highest BCUT2D eigenvalue weighted by Gasteiger charge is 2.23. The molecule has 2 aromatic heterocycles. The molecule has 0 radical (unpaired) electrons. The normalized spacial score (nSPS) is 12.9. The number of nitrogens with two attached hydrogens (primary N) is 1. The van der Waals surface area contributed by atoms with E-state index in [1.165, 1.54) is 0 Å². The van der Waals surface area contributed by atoms with Crippen molar-refractivity contribution >= 4 is 33.6 Å². The average molecular weight is 622 g/mol. The van der Waals surface area contributed by atoms with Crippen LogP contribution >= 0.6 is 0 Å². The van der Waals surface area contributed by atoms with Crippen LogP contribution < -0.4 is 10.5 Å². The minimum Gasteiger partial charge on any atom is -0.488 e. The van der Waals surface area contributed by atoms with Gasteiger partial charge in [0.1, 0.15) is 24.0 Å². The second-order valence-corrected chi connectivity index (χ2v) is 12.2. The number of nitrogens with one attached hydrogen (secondary N) is 2. The standard InChI is InChI=1S/C36H43N7O3/c1-5-8-34(44)42(13-6-2)19-32-38-18-30(40-32)24-9-11-26-25(14-24)21-46-31-16-27-23(15-28(26)31)10-12-29-36(27)41-33(39-29)20-43(22(4)7-3)35(45)17-37/h9-12,14-16,18,22H,5-8,13,17,19-21,37H2,1-4H3,(H,38,40)(H,39,41)/t22-/m0/s1. The van der Waals surface area contributed by atoms with Crippen LogP contribution in [0.2, 0.25) is 0 Å². The number of aromatic amines is 2. The molecule has 0 unspecified atom stereocenters. The van der Waals surface area contributed by atoms with E-state index in [1.54, 1.807) is 4.90 Å². The van der Waals surface area contributed by atoms with E-state index >= 15 is 0 Å². The van der Waals surface area contributed by atoms with Crippen molar-refractivity contribution in [1.82, 2.24) is 29.7 Å². The predicted molar refractivity (Wildman–Crippen MR) is 181 cm³/mol. The molecule has 240 valence electrons. The Morgan fingerprint density at radius 3 is 2.59 bits per heavy atom. The highest BCUT2D eigenvalue weighted by atomic mass is 16.5. The lowest BCUT2D eigenvalue weighted by atomic mass is 9.92. The Bertz CT molecular complexity index is 1890. The van der Waals surface area contributed by atoms with Crippen LogP contribution in [-0.2, 0) is 29.3 Å². The van der Waals surface area contributed by atoms with Gasteiger partial charge in [-0.25, -0.2) is 9.97 Å². The van der Waals surface area contributed by atoms with Gasteiger partial charge >= 0.3 is 0 Å². The Morgan fingerprint density at radius 2 is 1.83 bits per heavy atom. The van der Waals surface area contributed by atoms with Crippen LogP contribution in [0, 0.1) is 0 Å². The number of H-pyrrole nitrogens is 2. The lowest BCUT2D eigenvalue weighted by Crippen LogP contribution is -2.41. The van der Waals surface area contributed by atoms with E-state index in [4.69, 9.17) is 15.5 Å². The van der Waals surface area contributed by atoms with Crippen LogP contribution in [0.3, 0.4) is 0 Å². The van der Waals surface area contributed by atoms with E-state index in [9.17, 15) is 9.59 Å². The molecular weight excluding hydrogens is 578 g/mol. The third kappa shape index (κ3) is 6.09. The van der Waals surface area contributed by atoms with Crippen molar-refractivity contribution in [2.45, 2.75) is 79.1 Å². The van der Waals surface area contributed by atoms with Gasteiger partial charge in [0.15, 0.2) is 0 Å². The fraction of sp³-hybridized carbons (Fsp3) is 0.389. The van der Waals surface area contributed by atoms with Gasteiger partial charge in [-0.1, -0.05) is 39.0 Å². The molecule has 3 aromatic carbocycles. The van der Waals surface area contributed by atoms with Crippen molar-refractivity contribution < 1.29 is 14.3 Å². The summed E-state index contributed by atoms with van der Waals surface area (Å²) in [7, 11) is 0. The number of aromatic nitrogens is 4. The second-order valence-electron chi connectivity index (χ2n) is 12.2. The molecule has 0 aliphatic carbocycles. The summed E-state index contributed by atoms with van der Waals surface area (Å²) in [5.41, 5.74) is 12.7. The zero-order valence-corrected chi connectivity index (χ0v) is 27.2. The monoisotopic (exact) mass is 621 g/mol. The molecule has 4 N–H and O–H groups in total. The second kappa shape index (κ2) is 13.3. The lowest BCUT2D eigenvalue weighted by molar-refractivity contribution is -0.133. The Balaban J connectivity index is 1.27. The number of ether oxygens (including phenoxy) is 1. The van der Waals surface area contributed by atoms with Crippen LogP contribution in [0.1, 0.15) is 70.6 Å². The number of hydrogen-bond acceptors (Lipinski definition) is 6. The largest absolute Gasteiger partial charge is 0.488 e. The fourth-order valence-electron chi connectivity index (χ4n) is 6.27. The molecule has 1 aliphatic rings. The minimum atomic E-state index is -0.0885. The quantitative estimate of drug-likeness (QED) is 0.150. The summed E-state index contributed by atoms with van der Waals surface area (Å²) in [5, 5.41) is 2.06. The van der Waals surface area contributed by atoms with Crippen LogP contribution in [-0.4, -0.2) is 60.7 Å². The van der Waals surface area contributed by atoms with Gasteiger partial charge in [-0.2, -0.15) is 0 Å². The summed E-state index contributed by atoms with van der Waals surface area (Å²) in [4.78, 5) is 45.1. The lowest BCUT2D eigenvalue weighted by Gasteiger charge is -2.27. The zero-order chi connectivity index (χ0) is 32.4. The summed E-state index contributed by atoms with van der Waals surface area (Å²) < 4.78 is 6.32. The van der Waals surface area contributed by atoms with E-state index in [1.807, 2.05) is 31.0 Å². The summed E-state index contributed by atoms with van der Waals surface area (Å²) in [6, 6.07) is 14.9. The van der Waals surface area contributed by atoms with Crippen molar-refractivity contribution in [1.29, 1.82) is 0 Å². The summed E-state index contributed by atoms with van der Waals surface area (Å²) in [6.45, 7) is 10.2. The number of hydrogen-bond donors (Lipinski definition) is 3. The number of amides is 2. The average Bonchev–Trinajstić information content (AvgIpc) is 3.72. The first kappa shape index (κ1) is 31.3. The highest BCUT2D eigenvalue weighted by molar-refractivity contribution is 6.07. The summed E-state index contributed by atoms with van der Waals surface area (Å²) >= 11 is 0. The number of rotatable bonds is 12. The first-order chi connectivity index (χ1) is 22.3. The molecule has 3 heterocycles. The minimum absolute atomic E-state index is 0.0258. The Morgan fingerprint density at radius 1 is 0.978 bits per heavy atom. The van der Waals surface area contributed by atoms with E-state index < -0.39 is 0 Å². The number of carbonyl (C=O) groups is 2. The van der Waals surface area contributed by atoms with Gasteiger partial charge in [-0.3, -0.25) is 9.59 Å². The van der Waals surface area contributed by atoms with Crippen LogP contribution in [0.5, 0.6) is 5.75 Å². The smallest absolute Gasteiger partial charge is 0.236 e. The molecule has 5 aromatic rings. The molecule has 10 nitrogen and oxygen atoms in total. The van der Waals surface area contributed by atoms with E-state index in [0.717, 1.165) is 93.0 Å². The molecule has 0 saturated heterocycles. The van der Waals surface area contributed by atoms with Crippen LogP contribution in [0.25, 0.3) is 44.2 Å². The number of imidazole rings is 2. The van der Waals surface area contributed by atoms with Gasteiger partial charge in [-0.05, 0) is 72.5 Å². The van der Waals surface area contributed by atoms with E-state index in [-0.39, 0.29) is 24.4 Å². The van der Waals surface area contributed by atoms with Gasteiger partial charge in [0.2, 0.25) is 11.8 Å². The first-order valence-electron chi connectivity index (χ1n) is 16.4. The SMILES string of the molecule is CCCC(=O)N(CCC)Cc1ncc(-c2ccc3c(c2)COc2cc4c(ccc5[nH]c(CN(C(=O)CN)[C@@H](C)CC)nc54)cc2-3)[nH]1. The maximum Gasteiger partial charge on any atom is 0.236 e. The van der Waals surface area contributed by atoms with Crippen molar-refractivity contribution in [2.24, 2.45) is 5.73 Å². The zero-order valence-electron chi connectivity index (χ0n) is 27.2. The summed E-state index contributed by atoms with van der Waals surface area (Å²) in [5.74, 6) is 2.41. The number of nitrogens with zero attached hydrogens (tertiary/aromatic N) is 4. The Hall–Kier alpha value is -4.70. The molecule has 0 bridgehead atoms. The molecule has 0 fully saturated rings. The third-order valence-corrected chi connectivity index (χ3v) is 8.92. The van der Waals surface area contributed by atoms with E-state index in [0.29, 0.717) is 26.1 Å². The molecule has 1 aliphatic heterocycles. The van der Waals surface area contributed by atoms with Crippen molar-refractivity contribution in [3.05, 3.63) is 65.9 Å². The molecule has 0 spiro atoms. The van der Waals surface area contributed by atoms with Crippen LogP contribution in [0.4, 0.5) is 0 Å². The van der Waals surface area contributed by atoms with Gasteiger partial charge in [0.05, 0.1) is 42.6 Å². The topological polar surface area (TPSA) is 133 Å². The fourth-order valence-corrected chi connectivity index (χ4v) is 6.27. The molecule has 6 rings (SSSR count). The number of fused-ring (bicyclic) bond motifs is 6. The Kier molecular flexibility index (Phi) is 9.08. The molecule has 10 heteroatoms. The molecule has 1 atom stereocenters. The van der Waals surface area contributed by atoms with Crippen molar-refractivity contribution in [3.63, 3.8) is 0 Å². The molecule has 2 amide bonds. The summed E-state index contributed by atoms with van der Waals surface area (Å²) in [6.07, 6.45) is 4.98. The number of benzene rings is 3. The third-order valence-electron chi connectivity index (χ3n) is 8.92. The molecular formula is C36H43N7O3. The highest BCUT2D eigenvalue weighted by Crippen LogP contribution is 2.42. The molecule has 0 saturated carbocycles. The number of carbonyl (C=O) groups excluding carboxylic acids is 2. The van der Waals surface area contributed by atoms with Crippen LogP contribution in [0.15, 0.2) is 48.7 Å². The van der Waals surface area contributed by atoms with Crippen molar-refractivity contribution in [3.8, 4) is 28.1 Å². The van der Waals surface area contributed by atoms with Crippen molar-refractivity contribution in [2.75, 3.05) is 13.1 Å². The molecule has 46 heavy (non-hydrogen) atoms.